The first-order valence-corrected chi connectivity index (χ1v) is 2.44. The topological polar surface area (TPSA) is 15.6 Å². The SMILES string of the molecule is C/C(=N\S)N(C)C. The lowest BCUT2D eigenvalue weighted by Gasteiger charge is -2.07. The zero-order valence-corrected chi connectivity index (χ0v) is 5.74. The molecule has 0 atom stereocenters. The summed E-state index contributed by atoms with van der Waals surface area (Å²) < 4.78 is 3.62. The molecule has 0 aliphatic carbocycles. The molecule has 42 valence electrons. The van der Waals surface area contributed by atoms with Gasteiger partial charge in [-0.1, -0.05) is 0 Å². The molecule has 0 fully saturated rings. The van der Waals surface area contributed by atoms with Crippen LogP contribution in [0.1, 0.15) is 6.92 Å². The molecule has 3 heteroatoms. The van der Waals surface area contributed by atoms with Crippen molar-refractivity contribution in [3.63, 3.8) is 0 Å². The lowest BCUT2D eigenvalue weighted by Crippen LogP contribution is -2.17. The van der Waals surface area contributed by atoms with Crippen molar-refractivity contribution in [3.8, 4) is 0 Å². The van der Waals surface area contributed by atoms with Gasteiger partial charge in [-0.25, -0.2) is 4.40 Å². The second kappa shape index (κ2) is 2.91. The molecule has 0 saturated carbocycles. The van der Waals surface area contributed by atoms with Crippen LogP contribution >= 0.6 is 12.8 Å². The van der Waals surface area contributed by atoms with Crippen molar-refractivity contribution in [2.45, 2.75) is 6.92 Å². The van der Waals surface area contributed by atoms with Crippen LogP contribution in [0.4, 0.5) is 0 Å². The Balaban J connectivity index is 3.56. The van der Waals surface area contributed by atoms with Gasteiger partial charge in [0.1, 0.15) is 5.84 Å². The second-order valence-electron chi connectivity index (χ2n) is 1.54. The monoisotopic (exact) mass is 118 g/mol. The first-order chi connectivity index (χ1) is 3.18. The number of thiol groups is 1. The highest BCUT2D eigenvalue weighted by Crippen LogP contribution is 1.83. The van der Waals surface area contributed by atoms with E-state index in [1.807, 2.05) is 25.9 Å². The van der Waals surface area contributed by atoms with Crippen molar-refractivity contribution < 1.29 is 0 Å². The molecule has 0 aromatic rings. The summed E-state index contributed by atoms with van der Waals surface area (Å²) in [6.07, 6.45) is 0. The van der Waals surface area contributed by atoms with Crippen LogP contribution in [0.2, 0.25) is 0 Å². The summed E-state index contributed by atoms with van der Waals surface area (Å²) in [6.45, 7) is 1.90. The zero-order valence-electron chi connectivity index (χ0n) is 4.84. The molecule has 0 amide bonds. The fraction of sp³-hybridized carbons (Fsp3) is 0.750. The molecule has 2 nitrogen and oxygen atoms in total. The molecular weight excluding hydrogens is 108 g/mol. The minimum atomic E-state index is 0.920. The van der Waals surface area contributed by atoms with Gasteiger partial charge in [0.2, 0.25) is 0 Å². The molecule has 0 aliphatic heterocycles. The van der Waals surface area contributed by atoms with Gasteiger partial charge < -0.3 is 4.90 Å². The first kappa shape index (κ1) is 6.82. The van der Waals surface area contributed by atoms with Gasteiger partial charge in [-0.15, -0.1) is 0 Å². The third kappa shape index (κ3) is 2.51. The third-order valence-corrected chi connectivity index (χ3v) is 1.08. The maximum Gasteiger partial charge on any atom is 0.109 e. The third-order valence-electron chi connectivity index (χ3n) is 0.792. The van der Waals surface area contributed by atoms with E-state index in [9.17, 15) is 0 Å². The molecule has 0 unspecified atom stereocenters. The number of nitrogens with zero attached hydrogens (tertiary/aromatic N) is 2. The highest BCUT2D eigenvalue weighted by Gasteiger charge is 1.86. The molecule has 0 radical (unpaired) electrons. The summed E-state index contributed by atoms with van der Waals surface area (Å²) in [4.78, 5) is 1.90. The fourth-order valence-corrected chi connectivity index (χ4v) is 0.268. The quantitative estimate of drug-likeness (QED) is 0.283. The summed E-state index contributed by atoms with van der Waals surface area (Å²) in [5.41, 5.74) is 0. The molecule has 7 heavy (non-hydrogen) atoms. The van der Waals surface area contributed by atoms with Crippen molar-refractivity contribution in [1.82, 2.24) is 4.90 Å². The Kier molecular flexibility index (Phi) is 2.83. The van der Waals surface area contributed by atoms with E-state index in [2.05, 4.69) is 17.2 Å². The van der Waals surface area contributed by atoms with Crippen molar-refractivity contribution in [1.29, 1.82) is 0 Å². The maximum absolute atomic E-state index is 3.70. The lowest BCUT2D eigenvalue weighted by molar-refractivity contribution is 0.621. The van der Waals surface area contributed by atoms with Gasteiger partial charge in [0.05, 0.1) is 0 Å². The van der Waals surface area contributed by atoms with Crippen LogP contribution in [0.25, 0.3) is 0 Å². The van der Waals surface area contributed by atoms with E-state index in [1.165, 1.54) is 0 Å². The van der Waals surface area contributed by atoms with Crippen LogP contribution < -0.4 is 0 Å². The molecule has 0 spiro atoms. The van der Waals surface area contributed by atoms with E-state index >= 15 is 0 Å². The normalized spacial score (nSPS) is 11.7. The molecular formula is C4H10N2S. The Hall–Kier alpha value is -0.180. The van der Waals surface area contributed by atoms with E-state index in [4.69, 9.17) is 0 Å². The smallest absolute Gasteiger partial charge is 0.109 e. The largest absolute Gasteiger partial charge is 0.366 e. The Morgan fingerprint density at radius 1 is 1.57 bits per heavy atom. The predicted octanol–water partition coefficient (Wildman–Crippen LogP) is 0.811. The van der Waals surface area contributed by atoms with Crippen molar-refractivity contribution in [2.24, 2.45) is 4.40 Å². The molecule has 0 aliphatic rings. The number of amidine groups is 1. The van der Waals surface area contributed by atoms with E-state index < -0.39 is 0 Å². The standard InChI is InChI=1S/C4H10N2S/c1-4(5-7)6(2)3/h7H,1-3H3/b5-4+. The maximum atomic E-state index is 3.70. The van der Waals surface area contributed by atoms with Gasteiger partial charge in [-0.3, -0.25) is 0 Å². The van der Waals surface area contributed by atoms with Gasteiger partial charge in [0.15, 0.2) is 0 Å². The Morgan fingerprint density at radius 3 is 2.00 bits per heavy atom. The molecule has 0 aromatic carbocycles. The summed E-state index contributed by atoms with van der Waals surface area (Å²) in [7, 11) is 3.85. The fourth-order valence-electron chi connectivity index (χ4n) is 0.0894. The van der Waals surface area contributed by atoms with Crippen LogP contribution in [-0.2, 0) is 0 Å². The summed E-state index contributed by atoms with van der Waals surface area (Å²) in [6, 6.07) is 0. The molecule has 0 rings (SSSR count). The summed E-state index contributed by atoms with van der Waals surface area (Å²) in [5.74, 6) is 0.920. The number of rotatable bonds is 0. The van der Waals surface area contributed by atoms with Crippen LogP contribution in [-0.4, -0.2) is 24.8 Å². The second-order valence-corrected chi connectivity index (χ2v) is 1.74. The molecule has 0 saturated heterocycles. The van der Waals surface area contributed by atoms with Gasteiger partial charge >= 0.3 is 0 Å². The van der Waals surface area contributed by atoms with Crippen LogP contribution in [0.3, 0.4) is 0 Å². The van der Waals surface area contributed by atoms with Crippen LogP contribution in [0, 0.1) is 0 Å². The summed E-state index contributed by atoms with van der Waals surface area (Å²) in [5, 5.41) is 0. The Labute approximate surface area is 49.8 Å². The van der Waals surface area contributed by atoms with Gasteiger partial charge in [-0.05, 0) is 19.7 Å². The van der Waals surface area contributed by atoms with E-state index in [0.29, 0.717) is 0 Å². The lowest BCUT2D eigenvalue weighted by atomic mass is 10.6. The van der Waals surface area contributed by atoms with E-state index in [0.717, 1.165) is 5.84 Å². The molecule has 0 bridgehead atoms. The Morgan fingerprint density at radius 2 is 2.00 bits per heavy atom. The van der Waals surface area contributed by atoms with Crippen molar-refractivity contribution >= 4 is 18.7 Å². The minimum absolute atomic E-state index is 0.920. The number of hydrogen-bond donors (Lipinski definition) is 1. The van der Waals surface area contributed by atoms with Gasteiger partial charge in [0.25, 0.3) is 0 Å². The van der Waals surface area contributed by atoms with E-state index in [1.54, 1.807) is 0 Å². The average Bonchev–Trinajstić information content (AvgIpc) is 1.65. The van der Waals surface area contributed by atoms with Crippen LogP contribution in [0.15, 0.2) is 4.40 Å². The first-order valence-electron chi connectivity index (χ1n) is 2.04. The Bertz CT molecular complexity index is 77.8. The van der Waals surface area contributed by atoms with Crippen molar-refractivity contribution in [2.75, 3.05) is 14.1 Å². The predicted molar refractivity (Wildman–Crippen MR) is 35.8 cm³/mol. The van der Waals surface area contributed by atoms with E-state index in [-0.39, 0.29) is 0 Å². The molecule has 0 aromatic heterocycles. The number of hydrogen-bond acceptors (Lipinski definition) is 2. The van der Waals surface area contributed by atoms with Crippen LogP contribution in [0.5, 0.6) is 0 Å². The van der Waals surface area contributed by atoms with Gasteiger partial charge in [-0.2, -0.15) is 0 Å². The summed E-state index contributed by atoms with van der Waals surface area (Å²) >= 11 is 3.70. The minimum Gasteiger partial charge on any atom is -0.366 e. The average molecular weight is 118 g/mol. The van der Waals surface area contributed by atoms with Crippen molar-refractivity contribution in [3.05, 3.63) is 0 Å². The van der Waals surface area contributed by atoms with Gasteiger partial charge in [0, 0.05) is 14.1 Å². The molecule has 0 N–H and O–H groups in total. The zero-order chi connectivity index (χ0) is 5.86. The highest BCUT2D eigenvalue weighted by atomic mass is 32.1. The highest BCUT2D eigenvalue weighted by molar-refractivity contribution is 7.79. The molecule has 0 heterocycles.